The Kier molecular flexibility index (Phi) is 4.34. The predicted octanol–water partition coefficient (Wildman–Crippen LogP) is 1.49. The van der Waals surface area contributed by atoms with E-state index in [2.05, 4.69) is 20.6 Å². The largest absolute Gasteiger partial charge is 0.352 e. The van der Waals surface area contributed by atoms with E-state index in [9.17, 15) is 4.79 Å². The van der Waals surface area contributed by atoms with Gasteiger partial charge in [-0.15, -0.1) is 10.2 Å². The molecule has 8 heteroatoms. The third-order valence-corrected chi connectivity index (χ3v) is 3.02. The van der Waals surface area contributed by atoms with Gasteiger partial charge in [-0.1, -0.05) is 23.2 Å². The first-order valence-corrected chi connectivity index (χ1v) is 6.27. The molecule has 0 aromatic carbocycles. The molecule has 2 aromatic rings. The van der Waals surface area contributed by atoms with E-state index in [4.69, 9.17) is 23.2 Å². The summed E-state index contributed by atoms with van der Waals surface area (Å²) in [5, 5.41) is 14.1. The Labute approximate surface area is 119 Å². The fourth-order valence-corrected chi connectivity index (χ4v) is 1.88. The maximum absolute atomic E-state index is 11.9. The second-order valence-corrected chi connectivity index (χ2v) is 4.57. The van der Waals surface area contributed by atoms with Crippen molar-refractivity contribution < 1.29 is 4.79 Å². The first-order valence-electron chi connectivity index (χ1n) is 5.51. The molecule has 0 fully saturated rings. The van der Waals surface area contributed by atoms with Gasteiger partial charge in [0.1, 0.15) is 0 Å². The molecule has 2 aromatic heterocycles. The number of aromatic nitrogens is 4. The molecule has 2 rings (SSSR count). The number of amides is 1. The summed E-state index contributed by atoms with van der Waals surface area (Å²) in [7, 11) is 1.85. The van der Waals surface area contributed by atoms with Crippen molar-refractivity contribution in [1.29, 1.82) is 0 Å². The topological polar surface area (TPSA) is 72.7 Å². The Morgan fingerprint density at radius 1 is 1.42 bits per heavy atom. The van der Waals surface area contributed by atoms with E-state index in [1.54, 1.807) is 10.9 Å². The van der Waals surface area contributed by atoms with Crippen LogP contribution in [0.3, 0.4) is 0 Å². The van der Waals surface area contributed by atoms with E-state index < -0.39 is 0 Å². The smallest absolute Gasteiger partial charge is 0.254 e. The van der Waals surface area contributed by atoms with Gasteiger partial charge in [-0.3, -0.25) is 9.48 Å². The number of hydrogen-bond acceptors (Lipinski definition) is 4. The van der Waals surface area contributed by atoms with Gasteiger partial charge < -0.3 is 5.32 Å². The molecule has 0 spiro atoms. The van der Waals surface area contributed by atoms with Gasteiger partial charge in [0.15, 0.2) is 10.3 Å². The molecule has 0 atom stereocenters. The SMILES string of the molecule is Cn1nccc1CCNC(=O)c1cc(Cl)nnc1Cl. The lowest BCUT2D eigenvalue weighted by Crippen LogP contribution is -2.26. The number of rotatable bonds is 4. The lowest BCUT2D eigenvalue weighted by molar-refractivity contribution is 0.0953. The highest BCUT2D eigenvalue weighted by Gasteiger charge is 2.12. The Morgan fingerprint density at radius 2 is 2.21 bits per heavy atom. The van der Waals surface area contributed by atoms with Crippen molar-refractivity contribution in [3.05, 3.63) is 39.9 Å². The van der Waals surface area contributed by atoms with Crippen molar-refractivity contribution in [3.63, 3.8) is 0 Å². The van der Waals surface area contributed by atoms with Crippen molar-refractivity contribution in [2.75, 3.05) is 6.54 Å². The Hall–Kier alpha value is -1.66. The van der Waals surface area contributed by atoms with Crippen molar-refractivity contribution in [3.8, 4) is 0 Å². The van der Waals surface area contributed by atoms with Crippen LogP contribution in [-0.2, 0) is 13.5 Å². The summed E-state index contributed by atoms with van der Waals surface area (Å²) in [6.07, 6.45) is 2.38. The third kappa shape index (κ3) is 3.42. The summed E-state index contributed by atoms with van der Waals surface area (Å²) < 4.78 is 1.75. The minimum absolute atomic E-state index is 0.0300. The molecular formula is C11H11Cl2N5O. The second-order valence-electron chi connectivity index (χ2n) is 3.82. The third-order valence-electron chi connectivity index (χ3n) is 2.55. The number of carbonyl (C=O) groups is 1. The fourth-order valence-electron chi connectivity index (χ4n) is 1.56. The molecule has 0 aliphatic rings. The van der Waals surface area contributed by atoms with Crippen LogP contribution in [0.1, 0.15) is 16.1 Å². The van der Waals surface area contributed by atoms with Crippen LogP contribution in [-0.4, -0.2) is 32.4 Å². The van der Waals surface area contributed by atoms with Gasteiger partial charge in [-0.2, -0.15) is 5.10 Å². The van der Waals surface area contributed by atoms with Gasteiger partial charge in [0, 0.05) is 31.9 Å². The summed E-state index contributed by atoms with van der Waals surface area (Å²) in [5.74, 6) is -0.330. The van der Waals surface area contributed by atoms with Gasteiger partial charge in [0.05, 0.1) is 5.56 Å². The molecule has 2 heterocycles. The van der Waals surface area contributed by atoms with Crippen LogP contribution in [0.15, 0.2) is 18.3 Å². The Bertz CT molecular complexity index is 599. The Morgan fingerprint density at radius 3 is 2.89 bits per heavy atom. The standard InChI is InChI=1S/C11H11Cl2N5O/c1-18-7(3-5-15-18)2-4-14-11(19)8-6-9(12)16-17-10(8)13/h3,5-6H,2,4H2,1H3,(H,14,19). The monoisotopic (exact) mass is 299 g/mol. The van der Waals surface area contributed by atoms with Gasteiger partial charge in [0.2, 0.25) is 0 Å². The highest BCUT2D eigenvalue weighted by Crippen LogP contribution is 2.14. The van der Waals surface area contributed by atoms with E-state index in [0.29, 0.717) is 13.0 Å². The molecule has 1 N–H and O–H groups in total. The molecule has 0 bridgehead atoms. The maximum atomic E-state index is 11.9. The average Bonchev–Trinajstić information content (AvgIpc) is 2.78. The van der Waals surface area contributed by atoms with Crippen molar-refractivity contribution in [1.82, 2.24) is 25.3 Å². The fraction of sp³-hybridized carbons (Fsp3) is 0.273. The highest BCUT2D eigenvalue weighted by atomic mass is 35.5. The van der Waals surface area contributed by atoms with Gasteiger partial charge in [-0.25, -0.2) is 0 Å². The molecule has 1 amide bonds. The zero-order valence-electron chi connectivity index (χ0n) is 10.1. The van der Waals surface area contributed by atoms with Crippen LogP contribution < -0.4 is 5.32 Å². The van der Waals surface area contributed by atoms with E-state index in [1.165, 1.54) is 6.07 Å². The maximum Gasteiger partial charge on any atom is 0.254 e. The lowest BCUT2D eigenvalue weighted by atomic mass is 10.2. The molecule has 0 aliphatic heterocycles. The van der Waals surface area contributed by atoms with E-state index in [0.717, 1.165) is 5.69 Å². The van der Waals surface area contributed by atoms with Gasteiger partial charge >= 0.3 is 0 Å². The minimum atomic E-state index is -0.330. The van der Waals surface area contributed by atoms with Crippen LogP contribution in [0.5, 0.6) is 0 Å². The first-order chi connectivity index (χ1) is 9.08. The zero-order valence-corrected chi connectivity index (χ0v) is 11.6. The van der Waals surface area contributed by atoms with E-state index in [-0.39, 0.29) is 21.8 Å². The molecule has 0 radical (unpaired) electrons. The molecule has 6 nitrogen and oxygen atoms in total. The van der Waals surface area contributed by atoms with Gasteiger partial charge in [-0.05, 0) is 12.1 Å². The molecule has 100 valence electrons. The van der Waals surface area contributed by atoms with Crippen LogP contribution >= 0.6 is 23.2 Å². The van der Waals surface area contributed by atoms with Crippen LogP contribution in [0.4, 0.5) is 0 Å². The lowest BCUT2D eigenvalue weighted by Gasteiger charge is -2.06. The second kappa shape index (κ2) is 5.99. The normalized spacial score (nSPS) is 10.5. The van der Waals surface area contributed by atoms with Crippen LogP contribution in [0.25, 0.3) is 0 Å². The summed E-state index contributed by atoms with van der Waals surface area (Å²) in [6.45, 7) is 0.467. The molecule has 0 saturated heterocycles. The number of carbonyl (C=O) groups excluding carboxylic acids is 1. The quantitative estimate of drug-likeness (QED) is 0.928. The van der Waals surface area contributed by atoms with E-state index in [1.807, 2.05) is 13.1 Å². The molecule has 0 saturated carbocycles. The zero-order chi connectivity index (χ0) is 13.8. The van der Waals surface area contributed by atoms with Gasteiger partial charge in [0.25, 0.3) is 5.91 Å². The number of aryl methyl sites for hydroxylation is 1. The predicted molar refractivity (Wildman–Crippen MR) is 71.3 cm³/mol. The molecular weight excluding hydrogens is 289 g/mol. The Balaban J connectivity index is 1.94. The minimum Gasteiger partial charge on any atom is -0.352 e. The first kappa shape index (κ1) is 13.8. The summed E-state index contributed by atoms with van der Waals surface area (Å²) in [4.78, 5) is 11.9. The molecule has 19 heavy (non-hydrogen) atoms. The summed E-state index contributed by atoms with van der Waals surface area (Å²) in [5.41, 5.74) is 1.24. The number of halogens is 2. The van der Waals surface area contributed by atoms with Crippen molar-refractivity contribution in [2.45, 2.75) is 6.42 Å². The molecule has 0 unspecified atom stereocenters. The molecule has 0 aliphatic carbocycles. The van der Waals surface area contributed by atoms with E-state index >= 15 is 0 Å². The van der Waals surface area contributed by atoms with Crippen molar-refractivity contribution >= 4 is 29.1 Å². The van der Waals surface area contributed by atoms with Crippen molar-refractivity contribution in [2.24, 2.45) is 7.05 Å². The summed E-state index contributed by atoms with van der Waals surface area (Å²) in [6, 6.07) is 3.28. The van der Waals surface area contributed by atoms with Crippen LogP contribution in [0, 0.1) is 0 Å². The summed E-state index contributed by atoms with van der Waals surface area (Å²) >= 11 is 11.5. The number of nitrogens with zero attached hydrogens (tertiary/aromatic N) is 4. The number of hydrogen-bond donors (Lipinski definition) is 1. The van der Waals surface area contributed by atoms with Crippen LogP contribution in [0.2, 0.25) is 10.3 Å². The number of nitrogens with one attached hydrogen (secondary N) is 1. The highest BCUT2D eigenvalue weighted by molar-refractivity contribution is 6.34. The average molecular weight is 300 g/mol.